The van der Waals surface area contributed by atoms with Crippen LogP contribution in [0.2, 0.25) is 0 Å². The Labute approximate surface area is 795 Å². The molecule has 5 fully saturated rings. The van der Waals surface area contributed by atoms with Crippen molar-refractivity contribution in [1.29, 1.82) is 0 Å². The summed E-state index contributed by atoms with van der Waals surface area (Å²) in [4.78, 5) is 118. The van der Waals surface area contributed by atoms with Crippen LogP contribution in [-0.2, 0) is 112 Å². The third kappa shape index (κ3) is 101. The Morgan fingerprint density at radius 2 is 0.798 bits per heavy atom. The highest BCUT2D eigenvalue weighted by Crippen LogP contribution is 2.43. The van der Waals surface area contributed by atoms with E-state index in [0.29, 0.717) is 70.0 Å². The maximum atomic E-state index is 12.0. The van der Waals surface area contributed by atoms with Crippen molar-refractivity contribution in [2.45, 2.75) is 230 Å². The first-order valence-electron chi connectivity index (χ1n) is 43.2. The molecule has 10 atom stereocenters. The van der Waals surface area contributed by atoms with Crippen molar-refractivity contribution >= 4 is 167 Å². The van der Waals surface area contributed by atoms with Gasteiger partial charge in [0.15, 0.2) is 0 Å². The number of carbonyl (C=O) groups excluding carboxylic acids is 9. The molecule has 0 heterocycles. The van der Waals surface area contributed by atoms with E-state index in [-0.39, 0.29) is 127 Å². The number of hydrogen-bond acceptors (Lipinski definition) is 26. The molecule has 5 aliphatic carbocycles. The number of carboxylic acids is 2. The Kier molecular flexibility index (Phi) is 112. The minimum atomic E-state index is -1.67. The number of nitrogens with one attached hydrogen (secondary N) is 6. The zero-order valence-corrected chi connectivity index (χ0v) is 87.1. The number of aliphatic carboxylic acids is 2. The summed E-state index contributed by atoms with van der Waals surface area (Å²) >= 11 is 14.8. The number of alkyl halides is 1. The second-order valence-electron chi connectivity index (χ2n) is 28.7. The largest absolute Gasteiger partial charge is 1.00 e. The Balaban J connectivity index is -0.000000172. The van der Waals surface area contributed by atoms with Crippen molar-refractivity contribution in [3.8, 4) is 0 Å². The SMILES string of the molecule is C=CC(=O)OCC.CCCCCCCN.CCCCCCCNC(=O)C1CC1C(=O)NCCCCCCC.CCNCCCCNCC1CC1CNCCCCNCC.CCOC(=O)C1CC1C(=O)OCC.CCOC(=O)CBr.CCOC(=O)C[S+](C)C.CCOC([O-])=C[S+](C)C.CSC.O=C(Cl)C1CC1C(=O)Cl.O=C(O)C1CC1C(=O)O.O=S(Cl)Cl.[Br-].[OH-]. The standard InChI is InChI=1S/C19H36N2O2.C17H38N4.C9H14O4.C7H17N.C6H13O2S.C6H12O2S.C5H4Cl2O2.C5H6O4.C5H8O2.C4H7BrO2.C2H6S.BrH.Cl2OS.H2O/c1-3-5-7-9-11-13-20-18(22)16-15-17(16)19(23)21-14-12-10-8-6-4-2;1-3-18-9-5-7-11-20-14-16-13-17(16)15-21-12-8-6-10-19-4-2;1-3-12-8(10)6-5-7(6)9(11)13-4-2;1-2-3-4-5-6-7-8;2*1-4-8-6(7)5-9(2)3;6-4(8)2-1-3(2)5(7)9;6-4(7)2-1-3(2)5(8)9;1-3-5(6)7-4-2;1-2-7-4(6)3-5;1-3-2;;1-4(2)3;/h16-17H,3-15H2,1-2H3,(H,20,22)(H,21,23);16-21H,3-15H2,1-2H3;6-7H,3-5H2,1-2H3;2-8H2,1H3;4-5H2,1-3H3;5H,4H2,1-3H3;2-3H,1H2;2-3H,1H2,(H,6,7)(H,8,9);3H,1,4H2,2H3;2-3H2,1H3;1-2H3;1H;;1H2/q;;;;+1;;;;;;;;;/p-2. The van der Waals surface area contributed by atoms with E-state index in [2.05, 4.69) is 125 Å². The fourth-order valence-corrected chi connectivity index (χ4v) is 11.9. The van der Waals surface area contributed by atoms with Crippen molar-refractivity contribution in [2.24, 2.45) is 64.9 Å². The van der Waals surface area contributed by atoms with E-state index in [4.69, 9.17) is 57.6 Å². The summed E-state index contributed by atoms with van der Waals surface area (Å²) in [7, 11) is 7.59. The maximum absolute atomic E-state index is 12.0. The monoisotopic (exact) mass is 2060 g/mol. The lowest BCUT2D eigenvalue weighted by Gasteiger charge is -2.09. The Bertz CT molecular complexity index is 2570. The van der Waals surface area contributed by atoms with Gasteiger partial charge < -0.3 is 104 Å². The van der Waals surface area contributed by atoms with E-state index in [0.717, 1.165) is 69.9 Å². The fraction of sp³-hybridized carbons (Fsp3) is 0.824. The van der Waals surface area contributed by atoms with Crippen molar-refractivity contribution in [2.75, 3.05) is 160 Å². The number of esters is 5. The van der Waals surface area contributed by atoms with Crippen LogP contribution in [-0.4, -0.2) is 244 Å². The Morgan fingerprint density at radius 3 is 1.06 bits per heavy atom. The summed E-state index contributed by atoms with van der Waals surface area (Å²) in [6.45, 7) is 39.1. The predicted molar refractivity (Wildman–Crippen MR) is 509 cm³/mol. The van der Waals surface area contributed by atoms with Gasteiger partial charge in [0.2, 0.25) is 37.3 Å². The molecule has 5 saturated carbocycles. The van der Waals surface area contributed by atoms with Crippen molar-refractivity contribution in [3.63, 3.8) is 0 Å². The minimum Gasteiger partial charge on any atom is -1.00 e. The van der Waals surface area contributed by atoms with E-state index in [1.807, 2.05) is 44.5 Å². The number of unbranched alkanes of at least 4 members (excludes halogenated alkanes) is 14. The molecule has 0 bridgehead atoms. The number of halogens is 6. The summed E-state index contributed by atoms with van der Waals surface area (Å²) < 4.78 is 37.0. The van der Waals surface area contributed by atoms with E-state index >= 15 is 0 Å². The van der Waals surface area contributed by atoms with Gasteiger partial charge in [-0.05, 0) is 236 Å². The summed E-state index contributed by atoms with van der Waals surface area (Å²) in [5, 5.41) is 47.9. The van der Waals surface area contributed by atoms with E-state index in [1.165, 1.54) is 155 Å². The summed E-state index contributed by atoms with van der Waals surface area (Å²) in [5.41, 5.74) is 5.31. The number of ether oxygens (including phenoxy) is 6. The van der Waals surface area contributed by atoms with Crippen LogP contribution in [0, 0.1) is 59.2 Å². The highest BCUT2D eigenvalue weighted by Gasteiger charge is 2.51. The van der Waals surface area contributed by atoms with Crippen LogP contribution >= 0.6 is 72.3 Å². The van der Waals surface area contributed by atoms with Crippen molar-refractivity contribution in [3.05, 3.63) is 24.0 Å². The number of nitrogens with two attached hydrogens (primary N) is 1. The molecule has 124 heavy (non-hydrogen) atoms. The highest BCUT2D eigenvalue weighted by atomic mass is 79.9. The molecule has 10 unspecified atom stereocenters. The second-order valence-corrected chi connectivity index (χ2v) is 37.6. The molecule has 39 heteroatoms. The van der Waals surface area contributed by atoms with E-state index < -0.39 is 43.5 Å². The van der Waals surface area contributed by atoms with Gasteiger partial charge in [0, 0.05) is 63.3 Å². The zero-order valence-electron chi connectivity index (χ0n) is 77.6. The number of rotatable bonds is 53. The maximum Gasteiger partial charge on any atom is 0.356 e. The molecular formula is C85H162Br2Cl4N7O22S4-. The lowest BCUT2D eigenvalue weighted by molar-refractivity contribution is -0.356. The Hall–Kier alpha value is -3.27. The number of amides is 2. The molecule has 736 valence electrons. The second kappa shape index (κ2) is 100. The third-order valence-corrected chi connectivity index (χ3v) is 19.7. The number of thioether (sulfide) groups is 1. The molecule has 0 radical (unpaired) electrons. The van der Waals surface area contributed by atoms with Crippen LogP contribution in [0.4, 0.5) is 0 Å². The third-order valence-electron chi connectivity index (χ3n) is 17.2. The molecule has 29 nitrogen and oxygen atoms in total. The van der Waals surface area contributed by atoms with Crippen LogP contribution in [0.1, 0.15) is 230 Å². The van der Waals surface area contributed by atoms with Crippen LogP contribution in [0.25, 0.3) is 0 Å². The van der Waals surface area contributed by atoms with Gasteiger partial charge >= 0.3 is 41.8 Å². The van der Waals surface area contributed by atoms with Crippen LogP contribution in [0.5, 0.6) is 0 Å². The molecule has 0 saturated heterocycles. The number of hydrogen-bond donors (Lipinski definition) is 9. The topological polar surface area (TPSA) is 452 Å². The van der Waals surface area contributed by atoms with Gasteiger partial charge in [-0.2, -0.15) is 11.8 Å². The average molecular weight is 2060 g/mol. The molecule has 5 aliphatic rings. The van der Waals surface area contributed by atoms with Crippen LogP contribution in [0.15, 0.2) is 24.0 Å². The van der Waals surface area contributed by atoms with Gasteiger partial charge in [0.25, 0.3) is 0 Å². The molecule has 0 spiro atoms. The summed E-state index contributed by atoms with van der Waals surface area (Å²) in [6.07, 6.45) is 40.6. The van der Waals surface area contributed by atoms with Gasteiger partial charge in [-0.25, -0.2) is 13.8 Å². The molecule has 0 aromatic carbocycles. The molecule has 0 aromatic heterocycles. The molecule has 5 rings (SSSR count). The number of carbonyl (C=O) groups is 11. The molecule has 2 amide bonds. The smallest absolute Gasteiger partial charge is 0.356 e. The lowest BCUT2D eigenvalue weighted by Crippen LogP contribution is -3.00. The highest BCUT2D eigenvalue weighted by molar-refractivity contribution is 9.09. The number of carboxylic acid groups (broad SMARTS) is 2. The Morgan fingerprint density at radius 1 is 0.484 bits per heavy atom. The minimum absolute atomic E-state index is 0. The summed E-state index contributed by atoms with van der Waals surface area (Å²) in [5.74, 6) is -3.30. The molecule has 11 N–H and O–H groups in total. The van der Waals surface area contributed by atoms with Gasteiger partial charge in [-0.3, -0.25) is 43.2 Å². The molecule has 0 aromatic rings. The first-order valence-corrected chi connectivity index (χ1v) is 53.9. The average Bonchev–Trinajstić information content (AvgIpc) is 1.69. The predicted octanol–water partition coefficient (Wildman–Crippen LogP) is 10.0. The van der Waals surface area contributed by atoms with Crippen LogP contribution in [0.3, 0.4) is 0 Å². The fourth-order valence-electron chi connectivity index (χ4n) is 10.3. The lowest BCUT2D eigenvalue weighted by atomic mass is 10.1. The molecule has 0 aliphatic heterocycles. The first kappa shape index (κ1) is 139. The summed E-state index contributed by atoms with van der Waals surface area (Å²) in [6, 6.07) is 0. The zero-order chi connectivity index (χ0) is 94.4. The van der Waals surface area contributed by atoms with Crippen LogP contribution < -0.4 is 59.7 Å². The van der Waals surface area contributed by atoms with Crippen molar-refractivity contribution < 1.29 is 123 Å². The van der Waals surface area contributed by atoms with Gasteiger partial charge in [0.1, 0.15) is 29.2 Å². The van der Waals surface area contributed by atoms with E-state index in [1.54, 1.807) is 51.8 Å². The van der Waals surface area contributed by atoms with E-state index in [9.17, 15) is 57.8 Å². The van der Waals surface area contributed by atoms with Crippen molar-refractivity contribution in [1.82, 2.24) is 31.9 Å². The quantitative estimate of drug-likeness (QED) is 0.00399. The molecular weight excluding hydrogens is 1900 g/mol. The van der Waals surface area contributed by atoms with Gasteiger partial charge in [0.05, 0.1) is 81.1 Å². The first-order chi connectivity index (χ1) is 58.0. The van der Waals surface area contributed by atoms with Gasteiger partial charge in [-0.15, -0.1) is 0 Å². The van der Waals surface area contributed by atoms with Gasteiger partial charge in [-0.1, -0.05) is 141 Å². The normalized spacial score (nSPS) is 17.9.